The average molecular weight is 264 g/mol. The van der Waals surface area contributed by atoms with Gasteiger partial charge < -0.3 is 19.4 Å². The Balaban J connectivity index is 1.99. The van der Waals surface area contributed by atoms with Crippen molar-refractivity contribution >= 4 is 11.9 Å². The van der Waals surface area contributed by atoms with Gasteiger partial charge in [-0.25, -0.2) is 4.79 Å². The minimum atomic E-state index is -1.14. The number of carboxylic acid groups (broad SMARTS) is 1. The molecule has 2 N–H and O–H groups in total. The molecule has 0 aliphatic rings. The SMILES string of the molecule is CCn1cnnc1CNC(=O)c1cc(C(=O)O)co1. The predicted molar refractivity (Wildman–Crippen MR) is 62.5 cm³/mol. The maximum absolute atomic E-state index is 11.7. The summed E-state index contributed by atoms with van der Waals surface area (Å²) in [7, 11) is 0. The first-order valence-electron chi connectivity index (χ1n) is 5.58. The summed E-state index contributed by atoms with van der Waals surface area (Å²) in [5, 5.41) is 18.9. The zero-order valence-corrected chi connectivity index (χ0v) is 10.2. The number of hydrogen-bond donors (Lipinski definition) is 2. The van der Waals surface area contributed by atoms with E-state index in [9.17, 15) is 9.59 Å². The third kappa shape index (κ3) is 2.79. The van der Waals surface area contributed by atoms with Gasteiger partial charge in [0.1, 0.15) is 12.6 Å². The molecule has 0 radical (unpaired) electrons. The quantitative estimate of drug-likeness (QED) is 0.814. The maximum atomic E-state index is 11.7. The Morgan fingerprint density at radius 2 is 2.32 bits per heavy atom. The van der Waals surface area contributed by atoms with Crippen LogP contribution in [0.15, 0.2) is 23.1 Å². The van der Waals surface area contributed by atoms with Crippen LogP contribution >= 0.6 is 0 Å². The van der Waals surface area contributed by atoms with Crippen LogP contribution in [0.5, 0.6) is 0 Å². The highest BCUT2D eigenvalue weighted by molar-refractivity contribution is 5.95. The lowest BCUT2D eigenvalue weighted by Crippen LogP contribution is -2.24. The summed E-state index contributed by atoms with van der Waals surface area (Å²) in [5.41, 5.74) is -0.0677. The molecule has 2 aromatic rings. The second-order valence-electron chi connectivity index (χ2n) is 3.72. The van der Waals surface area contributed by atoms with E-state index in [1.54, 1.807) is 10.9 Å². The molecule has 19 heavy (non-hydrogen) atoms. The molecule has 0 unspecified atom stereocenters. The molecule has 0 aliphatic carbocycles. The first-order valence-corrected chi connectivity index (χ1v) is 5.58. The monoisotopic (exact) mass is 264 g/mol. The van der Waals surface area contributed by atoms with Gasteiger partial charge in [-0.2, -0.15) is 0 Å². The van der Waals surface area contributed by atoms with Crippen LogP contribution in [-0.2, 0) is 13.1 Å². The van der Waals surface area contributed by atoms with Crippen LogP contribution < -0.4 is 5.32 Å². The van der Waals surface area contributed by atoms with Crippen LogP contribution in [0.4, 0.5) is 0 Å². The lowest BCUT2D eigenvalue weighted by atomic mass is 10.3. The Morgan fingerprint density at radius 3 is 2.95 bits per heavy atom. The van der Waals surface area contributed by atoms with Crippen molar-refractivity contribution in [2.24, 2.45) is 0 Å². The van der Waals surface area contributed by atoms with E-state index in [0.717, 1.165) is 6.26 Å². The molecule has 8 heteroatoms. The van der Waals surface area contributed by atoms with Crippen LogP contribution in [0.1, 0.15) is 33.7 Å². The number of amides is 1. The highest BCUT2D eigenvalue weighted by atomic mass is 16.4. The molecular weight excluding hydrogens is 252 g/mol. The van der Waals surface area contributed by atoms with Crippen LogP contribution in [0, 0.1) is 0 Å². The van der Waals surface area contributed by atoms with Crippen molar-refractivity contribution in [2.75, 3.05) is 0 Å². The van der Waals surface area contributed by atoms with Crippen molar-refractivity contribution in [1.82, 2.24) is 20.1 Å². The fourth-order valence-corrected chi connectivity index (χ4v) is 1.49. The first-order chi connectivity index (χ1) is 9.11. The Bertz CT molecular complexity index is 601. The summed E-state index contributed by atoms with van der Waals surface area (Å²) in [6.45, 7) is 2.82. The number of furan rings is 1. The normalized spacial score (nSPS) is 10.4. The summed E-state index contributed by atoms with van der Waals surface area (Å²) in [4.78, 5) is 22.4. The third-order valence-corrected chi connectivity index (χ3v) is 2.51. The summed E-state index contributed by atoms with van der Waals surface area (Å²) in [6, 6.07) is 1.17. The molecule has 0 saturated carbocycles. The largest absolute Gasteiger partial charge is 0.478 e. The van der Waals surface area contributed by atoms with Gasteiger partial charge in [-0.15, -0.1) is 10.2 Å². The number of carboxylic acids is 1. The molecule has 2 rings (SSSR count). The molecular formula is C11H12N4O4. The van der Waals surface area contributed by atoms with Crippen molar-refractivity contribution in [3.63, 3.8) is 0 Å². The van der Waals surface area contributed by atoms with Crippen LogP contribution in [0.2, 0.25) is 0 Å². The lowest BCUT2D eigenvalue weighted by molar-refractivity contribution is 0.0696. The van der Waals surface area contributed by atoms with E-state index in [1.165, 1.54) is 6.07 Å². The van der Waals surface area contributed by atoms with Crippen molar-refractivity contribution in [2.45, 2.75) is 20.0 Å². The number of nitrogens with one attached hydrogen (secondary N) is 1. The lowest BCUT2D eigenvalue weighted by Gasteiger charge is -2.03. The fourth-order valence-electron chi connectivity index (χ4n) is 1.49. The van der Waals surface area contributed by atoms with Gasteiger partial charge >= 0.3 is 5.97 Å². The van der Waals surface area contributed by atoms with Crippen LogP contribution in [0.3, 0.4) is 0 Å². The van der Waals surface area contributed by atoms with E-state index < -0.39 is 11.9 Å². The topological polar surface area (TPSA) is 110 Å². The molecule has 0 aromatic carbocycles. The number of aromatic carboxylic acids is 1. The Kier molecular flexibility index (Phi) is 3.60. The van der Waals surface area contributed by atoms with Gasteiger partial charge in [0, 0.05) is 12.6 Å². The van der Waals surface area contributed by atoms with Gasteiger partial charge in [-0.05, 0) is 6.92 Å². The molecule has 0 aliphatic heterocycles. The minimum Gasteiger partial charge on any atom is -0.478 e. The van der Waals surface area contributed by atoms with E-state index in [-0.39, 0.29) is 17.9 Å². The molecule has 0 bridgehead atoms. The van der Waals surface area contributed by atoms with Crippen molar-refractivity contribution in [3.05, 3.63) is 35.8 Å². The van der Waals surface area contributed by atoms with Gasteiger partial charge in [-0.1, -0.05) is 0 Å². The Hall–Kier alpha value is -2.64. The zero-order valence-electron chi connectivity index (χ0n) is 10.2. The predicted octanol–water partition coefficient (Wildman–Crippen LogP) is 0.519. The summed E-state index contributed by atoms with van der Waals surface area (Å²) < 4.78 is 6.66. The molecule has 0 atom stereocenters. The number of rotatable bonds is 5. The number of aryl methyl sites for hydroxylation is 1. The van der Waals surface area contributed by atoms with E-state index in [4.69, 9.17) is 9.52 Å². The summed E-state index contributed by atoms with van der Waals surface area (Å²) in [5.74, 6) is -1.09. The molecule has 0 spiro atoms. The number of hydrogen-bond acceptors (Lipinski definition) is 5. The molecule has 8 nitrogen and oxygen atoms in total. The maximum Gasteiger partial charge on any atom is 0.338 e. The van der Waals surface area contributed by atoms with Crippen LogP contribution in [-0.4, -0.2) is 31.7 Å². The standard InChI is InChI=1S/C11H12N4O4/c1-2-15-6-13-14-9(15)4-12-10(16)8-3-7(5-19-8)11(17)18/h3,5-6H,2,4H2,1H3,(H,12,16)(H,17,18). The molecule has 1 amide bonds. The number of carbonyl (C=O) groups excluding carboxylic acids is 1. The van der Waals surface area contributed by atoms with Crippen molar-refractivity contribution < 1.29 is 19.1 Å². The Labute approximate surface area is 108 Å². The second kappa shape index (κ2) is 5.34. The Morgan fingerprint density at radius 1 is 1.53 bits per heavy atom. The molecule has 100 valence electrons. The van der Waals surface area contributed by atoms with Gasteiger partial charge in [0.25, 0.3) is 5.91 Å². The van der Waals surface area contributed by atoms with Gasteiger partial charge in [0.05, 0.1) is 12.1 Å². The van der Waals surface area contributed by atoms with Gasteiger partial charge in [0.2, 0.25) is 0 Å². The van der Waals surface area contributed by atoms with Gasteiger partial charge in [-0.3, -0.25) is 4.79 Å². The fraction of sp³-hybridized carbons (Fsp3) is 0.273. The first kappa shape index (κ1) is 12.8. The third-order valence-electron chi connectivity index (χ3n) is 2.51. The molecule has 0 saturated heterocycles. The number of nitrogens with zero attached hydrogens (tertiary/aromatic N) is 3. The zero-order chi connectivity index (χ0) is 13.8. The van der Waals surface area contributed by atoms with E-state index in [1.807, 2.05) is 6.92 Å². The van der Waals surface area contributed by atoms with E-state index >= 15 is 0 Å². The van der Waals surface area contributed by atoms with E-state index in [2.05, 4.69) is 15.5 Å². The molecule has 2 aromatic heterocycles. The molecule has 2 heterocycles. The minimum absolute atomic E-state index is 0.0556. The number of carbonyl (C=O) groups is 2. The summed E-state index contributed by atoms with van der Waals surface area (Å²) >= 11 is 0. The van der Waals surface area contributed by atoms with Crippen molar-refractivity contribution in [1.29, 1.82) is 0 Å². The highest BCUT2D eigenvalue weighted by Crippen LogP contribution is 2.07. The molecule has 0 fully saturated rings. The van der Waals surface area contributed by atoms with Gasteiger partial charge in [0.15, 0.2) is 11.6 Å². The smallest absolute Gasteiger partial charge is 0.338 e. The second-order valence-corrected chi connectivity index (χ2v) is 3.72. The van der Waals surface area contributed by atoms with E-state index in [0.29, 0.717) is 12.4 Å². The summed E-state index contributed by atoms with van der Waals surface area (Å²) in [6.07, 6.45) is 2.59. The number of aromatic nitrogens is 3. The highest BCUT2D eigenvalue weighted by Gasteiger charge is 2.15. The van der Waals surface area contributed by atoms with Crippen LogP contribution in [0.25, 0.3) is 0 Å². The average Bonchev–Trinajstić information content (AvgIpc) is 3.04. The van der Waals surface area contributed by atoms with Crippen molar-refractivity contribution in [3.8, 4) is 0 Å².